The van der Waals surface area contributed by atoms with E-state index in [-0.39, 0.29) is 17.4 Å². The van der Waals surface area contributed by atoms with Crippen molar-refractivity contribution < 1.29 is 9.18 Å². The van der Waals surface area contributed by atoms with Crippen LogP contribution in [0.25, 0.3) is 10.2 Å². The summed E-state index contributed by atoms with van der Waals surface area (Å²) < 4.78 is 13.6. The third kappa shape index (κ3) is 4.12. The van der Waals surface area contributed by atoms with E-state index in [0.717, 1.165) is 36.4 Å². The Morgan fingerprint density at radius 2 is 1.90 bits per heavy atom. The van der Waals surface area contributed by atoms with Crippen molar-refractivity contribution in [3.8, 4) is 0 Å². The van der Waals surface area contributed by atoms with E-state index in [0.29, 0.717) is 21.6 Å². The average Bonchev–Trinajstić information content (AvgIpc) is 3.05. The SMILES string of the molecule is Nc1nc2sc(C(=O)NCCc3ccc(N4CCCCC4)cc3)c(N)c2cc1F. The van der Waals surface area contributed by atoms with Gasteiger partial charge >= 0.3 is 0 Å². The minimum absolute atomic E-state index is 0.196. The van der Waals surface area contributed by atoms with Crippen LogP contribution in [0.3, 0.4) is 0 Å². The first-order valence-corrected chi connectivity index (χ1v) is 10.6. The van der Waals surface area contributed by atoms with Crippen LogP contribution in [0, 0.1) is 5.82 Å². The van der Waals surface area contributed by atoms with Crippen LogP contribution in [0.1, 0.15) is 34.5 Å². The third-order valence-corrected chi connectivity index (χ3v) is 6.38. The van der Waals surface area contributed by atoms with E-state index in [4.69, 9.17) is 11.5 Å². The summed E-state index contributed by atoms with van der Waals surface area (Å²) in [6, 6.07) is 9.75. The van der Waals surface area contributed by atoms with E-state index in [1.807, 2.05) is 0 Å². The molecule has 0 spiro atoms. The maximum absolute atomic E-state index is 13.6. The van der Waals surface area contributed by atoms with E-state index in [9.17, 15) is 9.18 Å². The fourth-order valence-corrected chi connectivity index (χ4v) is 4.63. The van der Waals surface area contributed by atoms with Crippen molar-refractivity contribution in [2.24, 2.45) is 0 Å². The lowest BCUT2D eigenvalue weighted by Crippen LogP contribution is -2.29. The molecule has 1 saturated heterocycles. The summed E-state index contributed by atoms with van der Waals surface area (Å²) in [5, 5.41) is 3.30. The molecule has 4 rings (SSSR count). The number of rotatable bonds is 5. The molecule has 5 N–H and O–H groups in total. The van der Waals surface area contributed by atoms with Gasteiger partial charge in [-0.2, -0.15) is 0 Å². The van der Waals surface area contributed by atoms with Crippen LogP contribution in [0.5, 0.6) is 0 Å². The summed E-state index contributed by atoms with van der Waals surface area (Å²) in [6.07, 6.45) is 4.54. The zero-order chi connectivity index (χ0) is 20.4. The van der Waals surface area contributed by atoms with Gasteiger partial charge in [-0.3, -0.25) is 4.79 Å². The van der Waals surface area contributed by atoms with Crippen LogP contribution in [0.2, 0.25) is 0 Å². The number of nitrogens with two attached hydrogens (primary N) is 2. The van der Waals surface area contributed by atoms with Crippen molar-refractivity contribution in [2.75, 3.05) is 36.0 Å². The Bertz CT molecular complexity index is 1030. The summed E-state index contributed by atoms with van der Waals surface area (Å²) in [5.74, 6) is -1.12. The number of nitrogens with zero attached hydrogens (tertiary/aromatic N) is 2. The molecule has 0 radical (unpaired) electrons. The number of amides is 1. The molecule has 0 atom stereocenters. The van der Waals surface area contributed by atoms with Crippen molar-refractivity contribution in [2.45, 2.75) is 25.7 Å². The lowest BCUT2D eigenvalue weighted by Gasteiger charge is -2.28. The number of benzene rings is 1. The minimum Gasteiger partial charge on any atom is -0.397 e. The summed E-state index contributed by atoms with van der Waals surface area (Å²) in [7, 11) is 0. The predicted octanol–water partition coefficient (Wildman–Crippen LogP) is 3.56. The molecule has 152 valence electrons. The molecule has 2 aromatic heterocycles. The number of fused-ring (bicyclic) bond motifs is 1. The third-order valence-electron chi connectivity index (χ3n) is 5.26. The molecule has 6 nitrogen and oxygen atoms in total. The van der Waals surface area contributed by atoms with Gasteiger partial charge in [0.2, 0.25) is 0 Å². The average molecular weight is 414 g/mol. The number of hydrogen-bond acceptors (Lipinski definition) is 6. The van der Waals surface area contributed by atoms with Crippen LogP contribution in [-0.2, 0) is 6.42 Å². The molecule has 0 saturated carbocycles. The maximum Gasteiger partial charge on any atom is 0.263 e. The monoisotopic (exact) mass is 413 g/mol. The molecule has 29 heavy (non-hydrogen) atoms. The molecule has 3 heterocycles. The highest BCUT2D eigenvalue weighted by Gasteiger charge is 2.18. The first kappa shape index (κ1) is 19.4. The second-order valence-electron chi connectivity index (χ2n) is 7.27. The number of nitrogens with one attached hydrogen (secondary N) is 1. The number of anilines is 3. The van der Waals surface area contributed by atoms with Gasteiger partial charge in [0.1, 0.15) is 9.71 Å². The van der Waals surface area contributed by atoms with Gasteiger partial charge in [-0.25, -0.2) is 9.37 Å². The van der Waals surface area contributed by atoms with Gasteiger partial charge in [0, 0.05) is 30.7 Å². The van der Waals surface area contributed by atoms with E-state index in [2.05, 4.69) is 39.5 Å². The molecule has 0 aliphatic carbocycles. The topological polar surface area (TPSA) is 97.3 Å². The van der Waals surface area contributed by atoms with Crippen molar-refractivity contribution in [3.63, 3.8) is 0 Å². The number of carbonyl (C=O) groups is 1. The highest BCUT2D eigenvalue weighted by Crippen LogP contribution is 2.33. The van der Waals surface area contributed by atoms with Gasteiger partial charge in [0.15, 0.2) is 11.6 Å². The van der Waals surface area contributed by atoms with Gasteiger partial charge in [-0.1, -0.05) is 12.1 Å². The maximum atomic E-state index is 13.6. The number of thiophene rings is 1. The van der Waals surface area contributed by atoms with E-state index < -0.39 is 5.82 Å². The minimum atomic E-state index is -0.637. The fraction of sp³-hybridized carbons (Fsp3) is 0.333. The number of pyridine rings is 1. The highest BCUT2D eigenvalue weighted by molar-refractivity contribution is 7.21. The molecule has 0 bridgehead atoms. The van der Waals surface area contributed by atoms with Crippen LogP contribution in [0.15, 0.2) is 30.3 Å². The summed E-state index contributed by atoms with van der Waals surface area (Å²) in [5.41, 5.74) is 14.2. The second kappa shape index (κ2) is 8.24. The smallest absolute Gasteiger partial charge is 0.263 e. The van der Waals surface area contributed by atoms with Gasteiger partial charge in [0.25, 0.3) is 5.91 Å². The Morgan fingerprint density at radius 1 is 1.17 bits per heavy atom. The Hall–Kier alpha value is -2.87. The van der Waals surface area contributed by atoms with Gasteiger partial charge < -0.3 is 21.7 Å². The lowest BCUT2D eigenvalue weighted by atomic mass is 10.1. The Labute approximate surface area is 172 Å². The Morgan fingerprint density at radius 3 is 2.62 bits per heavy atom. The fourth-order valence-electron chi connectivity index (χ4n) is 3.63. The molecule has 0 unspecified atom stereocenters. The molecule has 3 aromatic rings. The van der Waals surface area contributed by atoms with Gasteiger partial charge in [-0.15, -0.1) is 11.3 Å². The van der Waals surface area contributed by atoms with Crippen molar-refractivity contribution in [1.29, 1.82) is 0 Å². The number of nitrogen functional groups attached to an aromatic ring is 2. The molecule has 1 fully saturated rings. The van der Waals surface area contributed by atoms with Crippen LogP contribution in [-0.4, -0.2) is 30.5 Å². The zero-order valence-corrected chi connectivity index (χ0v) is 16.9. The number of carbonyl (C=O) groups excluding carboxylic acids is 1. The number of piperidine rings is 1. The van der Waals surface area contributed by atoms with Crippen molar-refractivity contribution >= 4 is 44.7 Å². The highest BCUT2D eigenvalue weighted by atomic mass is 32.1. The first-order valence-electron chi connectivity index (χ1n) is 9.79. The second-order valence-corrected chi connectivity index (χ2v) is 8.27. The largest absolute Gasteiger partial charge is 0.397 e. The Kier molecular flexibility index (Phi) is 5.53. The predicted molar refractivity (Wildman–Crippen MR) is 117 cm³/mol. The van der Waals surface area contributed by atoms with Gasteiger partial charge in [-0.05, 0) is 49.4 Å². The van der Waals surface area contributed by atoms with Gasteiger partial charge in [0.05, 0.1) is 5.69 Å². The molecular weight excluding hydrogens is 389 g/mol. The molecule has 8 heteroatoms. The lowest BCUT2D eigenvalue weighted by molar-refractivity contribution is 0.0959. The first-order chi connectivity index (χ1) is 14.0. The van der Waals surface area contributed by atoms with E-state index >= 15 is 0 Å². The molecule has 1 amide bonds. The van der Waals surface area contributed by atoms with Crippen LogP contribution >= 0.6 is 11.3 Å². The number of halogens is 1. The van der Waals surface area contributed by atoms with Crippen molar-refractivity contribution in [3.05, 3.63) is 46.6 Å². The zero-order valence-electron chi connectivity index (χ0n) is 16.1. The number of aromatic nitrogens is 1. The standard InChI is InChI=1S/C21H24FN5OS/c22-16-12-15-17(23)18(29-21(15)26-19(16)24)20(28)25-9-8-13-4-6-14(7-5-13)27-10-2-1-3-11-27/h4-7,12H,1-3,8-11,23H2,(H2,24,26)(H,25,28). The number of hydrogen-bond donors (Lipinski definition) is 3. The molecule has 1 aliphatic rings. The quantitative estimate of drug-likeness (QED) is 0.594. The summed E-state index contributed by atoms with van der Waals surface area (Å²) in [4.78, 5) is 19.7. The summed E-state index contributed by atoms with van der Waals surface area (Å²) >= 11 is 1.12. The molecular formula is C21H24FN5OS. The van der Waals surface area contributed by atoms with Crippen molar-refractivity contribution in [1.82, 2.24) is 10.3 Å². The molecule has 1 aromatic carbocycles. The van der Waals surface area contributed by atoms with Crippen LogP contribution < -0.4 is 21.7 Å². The Balaban J connectivity index is 1.36. The normalized spacial score (nSPS) is 14.3. The van der Waals surface area contributed by atoms with Crippen LogP contribution in [0.4, 0.5) is 21.6 Å². The van der Waals surface area contributed by atoms with E-state index in [1.165, 1.54) is 31.0 Å². The summed E-state index contributed by atoms with van der Waals surface area (Å²) in [6.45, 7) is 2.73. The van der Waals surface area contributed by atoms with E-state index in [1.54, 1.807) is 0 Å². The molecule has 1 aliphatic heterocycles.